The van der Waals surface area contributed by atoms with Crippen molar-refractivity contribution in [1.82, 2.24) is 4.57 Å². The first-order chi connectivity index (χ1) is 11.2. The fourth-order valence-electron chi connectivity index (χ4n) is 2.30. The molecule has 2 aromatic carbocycles. The molecule has 0 aliphatic carbocycles. The first-order valence-corrected chi connectivity index (χ1v) is 8.10. The average Bonchev–Trinajstić information content (AvgIpc) is 2.89. The van der Waals surface area contributed by atoms with Gasteiger partial charge in [0, 0.05) is 12.6 Å². The van der Waals surface area contributed by atoms with Gasteiger partial charge in [0.2, 0.25) is 0 Å². The van der Waals surface area contributed by atoms with Gasteiger partial charge in [-0.25, -0.2) is 4.39 Å². The van der Waals surface area contributed by atoms with Crippen molar-refractivity contribution in [3.8, 4) is 0 Å². The molecule has 0 bridgehead atoms. The number of hydrogen-bond acceptors (Lipinski definition) is 2. The number of thiazole rings is 1. The van der Waals surface area contributed by atoms with E-state index >= 15 is 0 Å². The van der Waals surface area contributed by atoms with Crippen LogP contribution in [0.3, 0.4) is 0 Å². The van der Waals surface area contributed by atoms with Crippen LogP contribution in [0.2, 0.25) is 0 Å². The molecule has 0 saturated heterocycles. The quantitative estimate of drug-likeness (QED) is 0.670. The van der Waals surface area contributed by atoms with Gasteiger partial charge in [-0.1, -0.05) is 41.7 Å². The Hall–Kier alpha value is -2.53. The Balaban J connectivity index is 1.97. The summed E-state index contributed by atoms with van der Waals surface area (Å²) in [5.41, 5.74) is 1.83. The lowest BCUT2D eigenvalue weighted by molar-refractivity contribution is -0.113. The van der Waals surface area contributed by atoms with Crippen molar-refractivity contribution in [2.45, 2.75) is 13.5 Å². The summed E-state index contributed by atoms with van der Waals surface area (Å²) in [6.07, 6.45) is 3.18. The second kappa shape index (κ2) is 6.71. The summed E-state index contributed by atoms with van der Waals surface area (Å²) in [6, 6.07) is 14.2. The van der Waals surface area contributed by atoms with E-state index in [9.17, 15) is 9.18 Å². The van der Waals surface area contributed by atoms with Crippen LogP contribution in [0.5, 0.6) is 0 Å². The summed E-state index contributed by atoms with van der Waals surface area (Å²) in [4.78, 5) is 16.8. The highest BCUT2D eigenvalue weighted by molar-refractivity contribution is 7.16. The molecule has 0 atom stereocenters. The third-order valence-electron chi connectivity index (χ3n) is 3.38. The number of amides is 1. The molecule has 5 heteroatoms. The molecule has 0 unspecified atom stereocenters. The summed E-state index contributed by atoms with van der Waals surface area (Å²) in [5.74, 6) is -0.619. The minimum atomic E-state index is -0.330. The Labute approximate surface area is 137 Å². The minimum Gasteiger partial charge on any atom is -0.317 e. The second-order valence-electron chi connectivity index (χ2n) is 4.93. The van der Waals surface area contributed by atoms with Gasteiger partial charge in [-0.2, -0.15) is 4.99 Å². The van der Waals surface area contributed by atoms with Crippen LogP contribution in [0.25, 0.3) is 16.3 Å². The fourth-order valence-corrected chi connectivity index (χ4v) is 3.43. The number of carbonyl (C=O) groups is 1. The zero-order chi connectivity index (χ0) is 16.2. The number of fused-ring (bicyclic) bond motifs is 1. The van der Waals surface area contributed by atoms with E-state index in [1.807, 2.05) is 41.8 Å². The predicted octanol–water partition coefficient (Wildman–Crippen LogP) is 4.00. The smallest absolute Gasteiger partial charge is 0.272 e. The first kappa shape index (κ1) is 15.4. The molecule has 0 saturated carbocycles. The normalized spacial score (nSPS) is 12.3. The fraction of sp³-hybridized carbons (Fsp3) is 0.111. The van der Waals surface area contributed by atoms with Gasteiger partial charge in [-0.05, 0) is 36.8 Å². The number of aromatic nitrogens is 1. The Morgan fingerprint density at radius 2 is 2.04 bits per heavy atom. The minimum absolute atomic E-state index is 0.288. The van der Waals surface area contributed by atoms with Crippen LogP contribution in [0.4, 0.5) is 4.39 Å². The maximum Gasteiger partial charge on any atom is 0.272 e. The van der Waals surface area contributed by atoms with Gasteiger partial charge >= 0.3 is 0 Å². The number of benzene rings is 2. The van der Waals surface area contributed by atoms with E-state index in [-0.39, 0.29) is 11.7 Å². The van der Waals surface area contributed by atoms with E-state index in [0.717, 1.165) is 15.8 Å². The van der Waals surface area contributed by atoms with Crippen LogP contribution >= 0.6 is 11.3 Å². The van der Waals surface area contributed by atoms with Crippen molar-refractivity contribution >= 4 is 33.5 Å². The van der Waals surface area contributed by atoms with Crippen LogP contribution in [-0.2, 0) is 11.3 Å². The second-order valence-corrected chi connectivity index (χ2v) is 5.94. The van der Waals surface area contributed by atoms with Crippen molar-refractivity contribution in [2.75, 3.05) is 0 Å². The molecule has 1 heterocycles. The first-order valence-electron chi connectivity index (χ1n) is 7.28. The number of aryl methyl sites for hydroxylation is 1. The van der Waals surface area contributed by atoms with Crippen molar-refractivity contribution in [3.05, 3.63) is 70.8 Å². The van der Waals surface area contributed by atoms with E-state index in [0.29, 0.717) is 11.3 Å². The van der Waals surface area contributed by atoms with Crippen molar-refractivity contribution in [2.24, 2.45) is 4.99 Å². The third-order valence-corrected chi connectivity index (χ3v) is 4.43. The van der Waals surface area contributed by atoms with Crippen LogP contribution in [0.15, 0.2) is 59.6 Å². The Bertz CT molecular complexity index is 939. The zero-order valence-electron chi connectivity index (χ0n) is 12.6. The van der Waals surface area contributed by atoms with Crippen LogP contribution < -0.4 is 4.80 Å². The molecular formula is C18H15FN2OS. The topological polar surface area (TPSA) is 34.4 Å². The lowest BCUT2D eigenvalue weighted by Gasteiger charge is -1.99. The van der Waals surface area contributed by atoms with Crippen LogP contribution in [0, 0.1) is 5.82 Å². The van der Waals surface area contributed by atoms with E-state index in [4.69, 9.17) is 0 Å². The highest BCUT2D eigenvalue weighted by Crippen LogP contribution is 2.18. The molecular weight excluding hydrogens is 311 g/mol. The molecule has 0 N–H and O–H groups in total. The van der Waals surface area contributed by atoms with Gasteiger partial charge in [-0.15, -0.1) is 0 Å². The molecule has 1 aromatic heterocycles. The maximum absolute atomic E-state index is 13.3. The molecule has 3 aromatic rings. The van der Waals surface area contributed by atoms with Gasteiger partial charge < -0.3 is 4.57 Å². The highest BCUT2D eigenvalue weighted by atomic mass is 32.1. The Morgan fingerprint density at radius 3 is 2.78 bits per heavy atom. The average molecular weight is 326 g/mol. The highest BCUT2D eigenvalue weighted by Gasteiger charge is 2.06. The molecule has 1 amide bonds. The standard InChI is InChI=1S/C18H15FN2OS/c1-2-21-15-10-9-14(19)12-16(15)23-18(21)20-17(22)11-8-13-6-4-3-5-7-13/h3-12H,2H2,1H3/b11-8+,20-18?. The van der Waals surface area contributed by atoms with Crippen molar-refractivity contribution in [1.29, 1.82) is 0 Å². The lowest BCUT2D eigenvalue weighted by Crippen LogP contribution is -2.15. The summed E-state index contributed by atoms with van der Waals surface area (Å²) in [6.45, 7) is 2.64. The number of hydrogen-bond donors (Lipinski definition) is 0. The summed E-state index contributed by atoms with van der Waals surface area (Å²) < 4.78 is 16.0. The van der Waals surface area contributed by atoms with E-state index in [1.165, 1.54) is 29.5 Å². The number of nitrogens with zero attached hydrogens (tertiary/aromatic N) is 2. The van der Waals surface area contributed by atoms with Gasteiger partial charge in [0.1, 0.15) is 5.82 Å². The van der Waals surface area contributed by atoms with E-state index < -0.39 is 0 Å². The monoisotopic (exact) mass is 326 g/mol. The predicted molar refractivity (Wildman–Crippen MR) is 91.5 cm³/mol. The number of halogens is 1. The Morgan fingerprint density at radius 1 is 1.26 bits per heavy atom. The van der Waals surface area contributed by atoms with E-state index in [1.54, 1.807) is 12.1 Å². The van der Waals surface area contributed by atoms with Gasteiger partial charge in [0.15, 0.2) is 4.80 Å². The lowest BCUT2D eigenvalue weighted by atomic mass is 10.2. The molecule has 0 aliphatic heterocycles. The summed E-state index contributed by atoms with van der Waals surface area (Å²) >= 11 is 1.31. The SMILES string of the molecule is CCn1c(=NC(=O)/C=C/c2ccccc2)sc2cc(F)ccc21. The molecule has 0 radical (unpaired) electrons. The zero-order valence-corrected chi connectivity index (χ0v) is 13.4. The van der Waals surface area contributed by atoms with E-state index in [2.05, 4.69) is 4.99 Å². The molecule has 116 valence electrons. The number of rotatable bonds is 3. The molecule has 23 heavy (non-hydrogen) atoms. The van der Waals surface area contributed by atoms with Crippen LogP contribution in [0.1, 0.15) is 12.5 Å². The third kappa shape index (κ3) is 3.46. The molecule has 0 spiro atoms. The van der Waals surface area contributed by atoms with Crippen LogP contribution in [-0.4, -0.2) is 10.5 Å². The van der Waals surface area contributed by atoms with Crippen molar-refractivity contribution in [3.63, 3.8) is 0 Å². The number of carbonyl (C=O) groups excluding carboxylic acids is 1. The van der Waals surface area contributed by atoms with Gasteiger partial charge in [0.05, 0.1) is 10.2 Å². The summed E-state index contributed by atoms with van der Waals surface area (Å²) in [7, 11) is 0. The Kier molecular flexibility index (Phi) is 4.48. The largest absolute Gasteiger partial charge is 0.317 e. The van der Waals surface area contributed by atoms with Crippen molar-refractivity contribution < 1.29 is 9.18 Å². The molecule has 0 fully saturated rings. The molecule has 3 nitrogen and oxygen atoms in total. The van der Waals surface area contributed by atoms with Gasteiger partial charge in [0.25, 0.3) is 5.91 Å². The van der Waals surface area contributed by atoms with Gasteiger partial charge in [-0.3, -0.25) is 4.79 Å². The maximum atomic E-state index is 13.3. The summed E-state index contributed by atoms with van der Waals surface area (Å²) in [5, 5.41) is 0. The molecule has 0 aliphatic rings. The molecule has 3 rings (SSSR count).